The Labute approximate surface area is 137 Å². The van der Waals surface area contributed by atoms with E-state index in [1.165, 1.54) is 0 Å². The van der Waals surface area contributed by atoms with Gasteiger partial charge in [-0.1, -0.05) is 24.3 Å². The normalized spacial score (nSPS) is 18.8. The molecule has 0 spiro atoms. The number of hydrogen-bond donors (Lipinski definition) is 2. The molecule has 2 N–H and O–H groups in total. The molecule has 2 aromatic carbocycles. The SMILES string of the molecule is CCN(CC)c1ccc(C2Nc3ccccc3S(=O)(=O)N2)cc1. The number of fused-ring (bicyclic) bond motifs is 1. The van der Waals surface area contributed by atoms with Crippen LogP contribution in [0.4, 0.5) is 11.4 Å². The third-order valence-corrected chi connectivity index (χ3v) is 5.59. The monoisotopic (exact) mass is 331 g/mol. The van der Waals surface area contributed by atoms with Crippen LogP contribution in [0.15, 0.2) is 53.4 Å². The van der Waals surface area contributed by atoms with Gasteiger partial charge in [0.15, 0.2) is 0 Å². The number of nitrogens with zero attached hydrogens (tertiary/aromatic N) is 1. The molecule has 0 saturated carbocycles. The van der Waals surface area contributed by atoms with Crippen LogP contribution in [0.3, 0.4) is 0 Å². The third-order valence-electron chi connectivity index (χ3n) is 4.10. The Hall–Kier alpha value is -2.05. The van der Waals surface area contributed by atoms with Crippen molar-refractivity contribution in [1.29, 1.82) is 0 Å². The van der Waals surface area contributed by atoms with E-state index in [-0.39, 0.29) is 4.90 Å². The summed E-state index contributed by atoms with van der Waals surface area (Å²) in [4.78, 5) is 2.54. The standard InChI is InChI=1S/C17H21N3O2S/c1-3-20(4-2)14-11-9-13(10-12-14)17-18-15-7-5-6-8-16(15)23(21,22)19-17/h5-12,17-19H,3-4H2,1-2H3. The van der Waals surface area contributed by atoms with Crippen molar-refractivity contribution in [3.8, 4) is 0 Å². The van der Waals surface area contributed by atoms with Gasteiger partial charge in [0.25, 0.3) is 0 Å². The molecule has 122 valence electrons. The van der Waals surface area contributed by atoms with Gasteiger partial charge in [-0.3, -0.25) is 0 Å². The van der Waals surface area contributed by atoms with Crippen LogP contribution in [-0.4, -0.2) is 21.5 Å². The summed E-state index contributed by atoms with van der Waals surface area (Å²) in [6.45, 7) is 6.12. The smallest absolute Gasteiger partial charge is 0.244 e. The molecular formula is C17H21N3O2S. The van der Waals surface area contributed by atoms with Crippen molar-refractivity contribution < 1.29 is 8.42 Å². The van der Waals surface area contributed by atoms with E-state index in [0.29, 0.717) is 5.69 Å². The highest BCUT2D eigenvalue weighted by Crippen LogP contribution is 2.31. The molecule has 0 saturated heterocycles. The average Bonchev–Trinajstić information content (AvgIpc) is 2.56. The zero-order valence-corrected chi connectivity index (χ0v) is 14.1. The van der Waals surface area contributed by atoms with Crippen LogP contribution in [0.25, 0.3) is 0 Å². The van der Waals surface area contributed by atoms with Gasteiger partial charge < -0.3 is 10.2 Å². The molecular weight excluding hydrogens is 310 g/mol. The molecule has 0 amide bonds. The number of rotatable bonds is 4. The lowest BCUT2D eigenvalue weighted by atomic mass is 10.1. The van der Waals surface area contributed by atoms with E-state index in [9.17, 15) is 8.42 Å². The minimum Gasteiger partial charge on any atom is -0.372 e. The molecule has 1 atom stereocenters. The van der Waals surface area contributed by atoms with Crippen LogP contribution in [0, 0.1) is 0 Å². The first-order valence-electron chi connectivity index (χ1n) is 7.78. The molecule has 23 heavy (non-hydrogen) atoms. The maximum absolute atomic E-state index is 12.4. The molecule has 0 aliphatic carbocycles. The highest BCUT2D eigenvalue weighted by Gasteiger charge is 2.29. The Morgan fingerprint density at radius 1 is 1.00 bits per heavy atom. The topological polar surface area (TPSA) is 61.4 Å². The van der Waals surface area contributed by atoms with E-state index < -0.39 is 16.2 Å². The first kappa shape index (κ1) is 15.8. The van der Waals surface area contributed by atoms with Gasteiger partial charge in [-0.2, -0.15) is 4.72 Å². The first-order valence-corrected chi connectivity index (χ1v) is 9.26. The number of anilines is 2. The van der Waals surface area contributed by atoms with Gasteiger partial charge in [0.2, 0.25) is 10.0 Å². The fourth-order valence-corrected chi connectivity index (χ4v) is 4.15. The van der Waals surface area contributed by atoms with Crippen molar-refractivity contribution in [3.63, 3.8) is 0 Å². The summed E-state index contributed by atoms with van der Waals surface area (Å²) in [6, 6.07) is 14.9. The van der Waals surface area contributed by atoms with E-state index in [1.54, 1.807) is 18.2 Å². The summed E-state index contributed by atoms with van der Waals surface area (Å²) in [5.74, 6) is 0. The van der Waals surface area contributed by atoms with Crippen LogP contribution >= 0.6 is 0 Å². The Bertz CT molecular complexity index is 784. The van der Waals surface area contributed by atoms with Crippen LogP contribution in [0.5, 0.6) is 0 Å². The zero-order chi connectivity index (χ0) is 16.4. The van der Waals surface area contributed by atoms with Crippen molar-refractivity contribution in [2.45, 2.75) is 24.9 Å². The first-order chi connectivity index (χ1) is 11.0. The van der Waals surface area contributed by atoms with Crippen molar-refractivity contribution in [2.75, 3.05) is 23.3 Å². The fourth-order valence-electron chi connectivity index (χ4n) is 2.84. The number of benzene rings is 2. The molecule has 1 aliphatic heterocycles. The van der Waals surface area contributed by atoms with Crippen molar-refractivity contribution >= 4 is 21.4 Å². The molecule has 0 aromatic heterocycles. The van der Waals surface area contributed by atoms with Gasteiger partial charge >= 0.3 is 0 Å². The quantitative estimate of drug-likeness (QED) is 0.904. The fraction of sp³-hybridized carbons (Fsp3) is 0.294. The summed E-state index contributed by atoms with van der Waals surface area (Å²) in [5.41, 5.74) is 2.65. The molecule has 0 radical (unpaired) electrons. The second-order valence-corrected chi connectivity index (χ2v) is 7.14. The summed E-state index contributed by atoms with van der Waals surface area (Å²) in [7, 11) is -3.50. The van der Waals surface area contributed by atoms with Gasteiger partial charge in [-0.05, 0) is 43.7 Å². The summed E-state index contributed by atoms with van der Waals surface area (Å²) in [5, 5.41) is 3.24. The van der Waals surface area contributed by atoms with Gasteiger partial charge in [0, 0.05) is 18.8 Å². The maximum Gasteiger partial charge on any atom is 0.244 e. The molecule has 1 heterocycles. The molecule has 1 aliphatic rings. The Balaban J connectivity index is 1.89. The zero-order valence-electron chi connectivity index (χ0n) is 13.3. The van der Waals surface area contributed by atoms with Crippen LogP contribution < -0.4 is 14.9 Å². The Morgan fingerprint density at radius 3 is 2.30 bits per heavy atom. The second-order valence-electron chi connectivity index (χ2n) is 5.46. The van der Waals surface area contributed by atoms with E-state index in [0.717, 1.165) is 24.3 Å². The van der Waals surface area contributed by atoms with E-state index in [1.807, 2.05) is 30.3 Å². The second kappa shape index (κ2) is 6.22. The Kier molecular flexibility index (Phi) is 4.28. The van der Waals surface area contributed by atoms with Crippen LogP contribution in [0.2, 0.25) is 0 Å². The molecule has 3 rings (SSSR count). The number of hydrogen-bond acceptors (Lipinski definition) is 4. The van der Waals surface area contributed by atoms with E-state index in [4.69, 9.17) is 0 Å². The Morgan fingerprint density at radius 2 is 1.65 bits per heavy atom. The van der Waals surface area contributed by atoms with Gasteiger partial charge in [-0.25, -0.2) is 8.42 Å². The summed E-state index contributed by atoms with van der Waals surface area (Å²) in [6.07, 6.45) is -0.458. The van der Waals surface area contributed by atoms with Gasteiger partial charge in [0.1, 0.15) is 11.1 Å². The highest BCUT2D eigenvalue weighted by atomic mass is 32.2. The molecule has 0 bridgehead atoms. The van der Waals surface area contributed by atoms with Crippen LogP contribution in [0.1, 0.15) is 25.6 Å². The van der Waals surface area contributed by atoms with Crippen molar-refractivity contribution in [1.82, 2.24) is 4.72 Å². The lowest BCUT2D eigenvalue weighted by Gasteiger charge is -2.29. The van der Waals surface area contributed by atoms with Crippen LogP contribution in [-0.2, 0) is 10.0 Å². The minimum absolute atomic E-state index is 0.288. The lowest BCUT2D eigenvalue weighted by molar-refractivity contribution is 0.562. The number of nitrogens with one attached hydrogen (secondary N) is 2. The third kappa shape index (κ3) is 3.04. The van der Waals surface area contributed by atoms with Gasteiger partial charge in [-0.15, -0.1) is 0 Å². The lowest BCUT2D eigenvalue weighted by Crippen LogP contribution is -2.38. The highest BCUT2D eigenvalue weighted by molar-refractivity contribution is 7.89. The summed E-state index contributed by atoms with van der Waals surface area (Å²) >= 11 is 0. The maximum atomic E-state index is 12.4. The number of sulfonamides is 1. The molecule has 1 unspecified atom stereocenters. The molecule has 0 fully saturated rings. The molecule has 5 nitrogen and oxygen atoms in total. The minimum atomic E-state index is -3.50. The van der Waals surface area contributed by atoms with Gasteiger partial charge in [0.05, 0.1) is 5.69 Å². The molecule has 6 heteroatoms. The van der Waals surface area contributed by atoms with E-state index in [2.05, 4.69) is 28.8 Å². The van der Waals surface area contributed by atoms with Crippen molar-refractivity contribution in [2.24, 2.45) is 0 Å². The largest absolute Gasteiger partial charge is 0.372 e. The molecule has 2 aromatic rings. The van der Waals surface area contributed by atoms with E-state index >= 15 is 0 Å². The summed E-state index contributed by atoms with van der Waals surface area (Å²) < 4.78 is 27.4. The van der Waals surface area contributed by atoms with Crippen molar-refractivity contribution in [3.05, 3.63) is 54.1 Å². The predicted molar refractivity (Wildman–Crippen MR) is 93.1 cm³/mol. The average molecular weight is 331 g/mol. The number of para-hydroxylation sites is 1. The predicted octanol–water partition coefficient (Wildman–Crippen LogP) is 2.94.